The van der Waals surface area contributed by atoms with Gasteiger partial charge in [-0.1, -0.05) is 55.5 Å². The average molecular weight is 347 g/mol. The molecule has 0 aromatic heterocycles. The van der Waals surface area contributed by atoms with Crippen LogP contribution in [-0.2, 0) is 16.0 Å². The van der Waals surface area contributed by atoms with Gasteiger partial charge in [-0.2, -0.15) is 5.26 Å². The van der Waals surface area contributed by atoms with Crippen LogP contribution in [0.2, 0.25) is 0 Å². The van der Waals surface area contributed by atoms with Gasteiger partial charge in [-0.3, -0.25) is 9.59 Å². The second-order valence-corrected chi connectivity index (χ2v) is 6.63. The number of benzene rings is 2. The second-order valence-electron chi connectivity index (χ2n) is 6.63. The van der Waals surface area contributed by atoms with Crippen molar-refractivity contribution in [3.05, 3.63) is 71.3 Å². The van der Waals surface area contributed by atoms with Gasteiger partial charge >= 0.3 is 0 Å². The summed E-state index contributed by atoms with van der Waals surface area (Å²) in [4.78, 5) is 27.1. The van der Waals surface area contributed by atoms with Crippen LogP contribution in [0.1, 0.15) is 29.5 Å². The Balaban J connectivity index is 1.82. The highest BCUT2D eigenvalue weighted by Gasteiger charge is 2.41. The van der Waals surface area contributed by atoms with Crippen LogP contribution in [0.3, 0.4) is 0 Å². The molecule has 0 aliphatic carbocycles. The molecule has 2 aromatic carbocycles. The van der Waals surface area contributed by atoms with Crippen LogP contribution in [0.5, 0.6) is 0 Å². The molecule has 5 nitrogen and oxygen atoms in total. The summed E-state index contributed by atoms with van der Waals surface area (Å²) < 4.78 is 0. The van der Waals surface area contributed by atoms with Crippen LogP contribution in [0, 0.1) is 11.3 Å². The van der Waals surface area contributed by atoms with Gasteiger partial charge in [-0.25, -0.2) is 0 Å². The topological polar surface area (TPSA) is 73.2 Å². The first-order valence-corrected chi connectivity index (χ1v) is 8.63. The van der Waals surface area contributed by atoms with E-state index in [0.29, 0.717) is 12.0 Å². The molecular weight excluding hydrogens is 326 g/mol. The van der Waals surface area contributed by atoms with Crippen molar-refractivity contribution in [1.29, 1.82) is 5.26 Å². The average Bonchev–Trinajstić information content (AvgIpc) is 2.68. The van der Waals surface area contributed by atoms with E-state index >= 15 is 0 Å². The Labute approximate surface area is 153 Å². The van der Waals surface area contributed by atoms with Gasteiger partial charge in [0.05, 0.1) is 11.6 Å². The van der Waals surface area contributed by atoms with E-state index in [1.165, 1.54) is 4.90 Å². The third-order valence-corrected chi connectivity index (χ3v) is 5.03. The maximum absolute atomic E-state index is 12.9. The van der Waals surface area contributed by atoms with Crippen LogP contribution in [0.15, 0.2) is 54.6 Å². The molecule has 132 valence electrons. The number of likely N-dealkylation sites (N-methyl/N-ethyl adjacent to an activating group) is 1. The van der Waals surface area contributed by atoms with E-state index in [-0.39, 0.29) is 17.7 Å². The molecule has 3 rings (SSSR count). The number of rotatable bonds is 4. The van der Waals surface area contributed by atoms with Gasteiger partial charge < -0.3 is 10.2 Å². The number of carbonyl (C=O) groups is 2. The lowest BCUT2D eigenvalue weighted by atomic mass is 9.87. The van der Waals surface area contributed by atoms with E-state index < -0.39 is 12.1 Å². The monoisotopic (exact) mass is 347 g/mol. The van der Waals surface area contributed by atoms with Gasteiger partial charge in [-0.15, -0.1) is 0 Å². The minimum absolute atomic E-state index is 0.134. The summed E-state index contributed by atoms with van der Waals surface area (Å²) >= 11 is 0. The first kappa shape index (κ1) is 17.7. The lowest BCUT2D eigenvalue weighted by Gasteiger charge is -2.39. The van der Waals surface area contributed by atoms with E-state index in [1.807, 2.05) is 49.4 Å². The molecule has 5 heteroatoms. The maximum atomic E-state index is 12.9. The fourth-order valence-corrected chi connectivity index (χ4v) is 3.44. The fourth-order valence-electron chi connectivity index (χ4n) is 3.44. The molecule has 0 radical (unpaired) electrons. The van der Waals surface area contributed by atoms with Crippen molar-refractivity contribution >= 4 is 11.8 Å². The maximum Gasteiger partial charge on any atom is 0.246 e. The Bertz CT molecular complexity index is 857. The third kappa shape index (κ3) is 3.31. The van der Waals surface area contributed by atoms with E-state index in [1.54, 1.807) is 19.2 Å². The third-order valence-electron chi connectivity index (χ3n) is 5.03. The highest BCUT2D eigenvalue weighted by molar-refractivity contribution is 5.97. The molecule has 1 aliphatic rings. The number of hydrogen-bond acceptors (Lipinski definition) is 3. The van der Waals surface area contributed by atoms with Crippen LogP contribution in [0.25, 0.3) is 0 Å². The lowest BCUT2D eigenvalue weighted by Crippen LogP contribution is -2.63. The highest BCUT2D eigenvalue weighted by atomic mass is 16.2. The van der Waals surface area contributed by atoms with E-state index in [4.69, 9.17) is 0 Å². The smallest absolute Gasteiger partial charge is 0.246 e. The van der Waals surface area contributed by atoms with Crippen molar-refractivity contribution in [2.45, 2.75) is 31.3 Å². The number of nitriles is 1. The Hall–Kier alpha value is -3.13. The number of carbonyl (C=O) groups excluding carboxylic acids is 2. The number of nitrogens with one attached hydrogen (secondary N) is 1. The summed E-state index contributed by atoms with van der Waals surface area (Å²) in [6, 6.07) is 17.8. The molecule has 3 atom stereocenters. The number of amides is 2. The summed E-state index contributed by atoms with van der Waals surface area (Å²) in [6.07, 6.45) is 0.477. The van der Waals surface area contributed by atoms with Crippen LogP contribution in [-0.4, -0.2) is 35.8 Å². The van der Waals surface area contributed by atoms with Gasteiger partial charge in [-0.05, 0) is 17.2 Å². The van der Waals surface area contributed by atoms with E-state index in [0.717, 1.165) is 11.1 Å². The van der Waals surface area contributed by atoms with Gasteiger partial charge in [0.15, 0.2) is 0 Å². The summed E-state index contributed by atoms with van der Waals surface area (Å²) in [6.45, 7) is 1.87. The molecule has 1 saturated heterocycles. The summed E-state index contributed by atoms with van der Waals surface area (Å²) in [5.74, 6) is -0.588. The Morgan fingerprint density at radius 1 is 1.12 bits per heavy atom. The zero-order chi connectivity index (χ0) is 18.7. The van der Waals surface area contributed by atoms with Crippen LogP contribution >= 0.6 is 0 Å². The Morgan fingerprint density at radius 2 is 1.77 bits per heavy atom. The van der Waals surface area contributed by atoms with Crippen molar-refractivity contribution < 1.29 is 9.59 Å². The summed E-state index contributed by atoms with van der Waals surface area (Å²) in [5.41, 5.74) is 2.30. The Morgan fingerprint density at radius 3 is 2.46 bits per heavy atom. The number of hydrogen-bond donors (Lipinski definition) is 1. The van der Waals surface area contributed by atoms with Crippen LogP contribution < -0.4 is 5.32 Å². The number of piperazine rings is 1. The lowest BCUT2D eigenvalue weighted by molar-refractivity contribution is -0.148. The van der Waals surface area contributed by atoms with Crippen molar-refractivity contribution in [2.75, 3.05) is 7.05 Å². The van der Waals surface area contributed by atoms with Gasteiger partial charge in [0, 0.05) is 19.4 Å². The molecule has 3 unspecified atom stereocenters. The summed E-state index contributed by atoms with van der Waals surface area (Å²) in [5, 5.41) is 12.2. The largest absolute Gasteiger partial charge is 0.342 e. The summed E-state index contributed by atoms with van der Waals surface area (Å²) in [7, 11) is 1.67. The quantitative estimate of drug-likeness (QED) is 0.922. The zero-order valence-electron chi connectivity index (χ0n) is 14.8. The molecule has 26 heavy (non-hydrogen) atoms. The molecule has 2 aromatic rings. The molecule has 0 saturated carbocycles. The normalized spacial score (nSPS) is 21.0. The molecule has 1 N–H and O–H groups in total. The first-order chi connectivity index (χ1) is 12.5. The standard InChI is InChI=1S/C21H21N3O2/c1-14(17-11-7-6-10-16(17)13-22)19-21(26)24(2)18(20(25)23-19)12-15-8-4-3-5-9-15/h3-11,14,18-19H,12H2,1-2H3,(H,23,25). The van der Waals surface area contributed by atoms with E-state index in [9.17, 15) is 14.9 Å². The van der Waals surface area contributed by atoms with Crippen molar-refractivity contribution in [2.24, 2.45) is 0 Å². The second kappa shape index (κ2) is 7.40. The SMILES string of the molecule is CC(c1ccccc1C#N)C1NC(=O)C(Cc2ccccc2)N(C)C1=O. The molecule has 1 heterocycles. The molecule has 1 fully saturated rings. The van der Waals surface area contributed by atoms with Crippen LogP contribution in [0.4, 0.5) is 0 Å². The molecule has 0 spiro atoms. The Kier molecular flexibility index (Phi) is 5.04. The minimum atomic E-state index is -0.672. The molecule has 0 bridgehead atoms. The van der Waals surface area contributed by atoms with Crippen molar-refractivity contribution in [3.63, 3.8) is 0 Å². The predicted molar refractivity (Wildman–Crippen MR) is 98.2 cm³/mol. The van der Waals surface area contributed by atoms with Gasteiger partial charge in [0.1, 0.15) is 12.1 Å². The molecule has 1 aliphatic heterocycles. The number of nitrogens with zero attached hydrogens (tertiary/aromatic N) is 2. The first-order valence-electron chi connectivity index (χ1n) is 8.63. The van der Waals surface area contributed by atoms with Crippen molar-refractivity contribution in [3.8, 4) is 6.07 Å². The highest BCUT2D eigenvalue weighted by Crippen LogP contribution is 2.26. The minimum Gasteiger partial charge on any atom is -0.342 e. The van der Waals surface area contributed by atoms with Crippen molar-refractivity contribution in [1.82, 2.24) is 10.2 Å². The molecule has 2 amide bonds. The predicted octanol–water partition coefficient (Wildman–Crippen LogP) is 2.23. The van der Waals surface area contributed by atoms with E-state index in [2.05, 4.69) is 11.4 Å². The molecular formula is C21H21N3O2. The van der Waals surface area contributed by atoms with Gasteiger partial charge in [0.25, 0.3) is 0 Å². The van der Waals surface area contributed by atoms with Gasteiger partial charge in [0.2, 0.25) is 11.8 Å². The fraction of sp³-hybridized carbons (Fsp3) is 0.286. The zero-order valence-corrected chi connectivity index (χ0v) is 14.8.